The minimum atomic E-state index is -1.22. The van der Waals surface area contributed by atoms with Crippen molar-refractivity contribution in [1.29, 1.82) is 0 Å². The molecule has 0 aromatic rings. The van der Waals surface area contributed by atoms with E-state index < -0.39 is 24.6 Å². The van der Waals surface area contributed by atoms with Crippen LogP contribution in [0.5, 0.6) is 0 Å². The molecule has 1 aliphatic rings. The van der Waals surface area contributed by atoms with Gasteiger partial charge in [0, 0.05) is 12.6 Å². The molecule has 1 aliphatic heterocycles. The maximum absolute atomic E-state index is 11.6. The quantitative estimate of drug-likeness (QED) is 0.600. The second kappa shape index (κ2) is 4.97. The maximum atomic E-state index is 11.6. The Balaban J connectivity index is 2.50. The molecule has 3 N–H and O–H groups in total. The number of amides is 2. The topological polar surface area (TPSA) is 89.9 Å². The molecule has 0 saturated carbocycles. The van der Waals surface area contributed by atoms with E-state index in [9.17, 15) is 9.59 Å². The molecule has 1 saturated heterocycles. The van der Waals surface area contributed by atoms with Crippen molar-refractivity contribution in [3.05, 3.63) is 0 Å². The highest BCUT2D eigenvalue weighted by atomic mass is 16.4. The Hall–Kier alpha value is -1.30. The highest BCUT2D eigenvalue weighted by molar-refractivity contribution is 5.82. The summed E-state index contributed by atoms with van der Waals surface area (Å²) in [5, 5.41) is 19.7. The van der Waals surface area contributed by atoms with E-state index in [1.54, 1.807) is 4.90 Å². The molecule has 0 bridgehead atoms. The van der Waals surface area contributed by atoms with Gasteiger partial charge in [0.05, 0.1) is 6.61 Å². The Bertz CT molecular complexity index is 256. The number of hydrogen-bond donors (Lipinski definition) is 3. The van der Waals surface area contributed by atoms with E-state index in [0.717, 1.165) is 12.8 Å². The van der Waals surface area contributed by atoms with Crippen LogP contribution in [-0.2, 0) is 4.79 Å². The number of aliphatic hydroxyl groups is 1. The number of aliphatic carboxylic acids is 1. The second-order valence-electron chi connectivity index (χ2n) is 3.71. The molecule has 0 radical (unpaired) electrons. The van der Waals surface area contributed by atoms with Crippen LogP contribution in [0.15, 0.2) is 0 Å². The van der Waals surface area contributed by atoms with E-state index >= 15 is 0 Å². The number of urea groups is 1. The van der Waals surface area contributed by atoms with Gasteiger partial charge in [-0.3, -0.25) is 0 Å². The van der Waals surface area contributed by atoms with Gasteiger partial charge in [0.1, 0.15) is 0 Å². The summed E-state index contributed by atoms with van der Waals surface area (Å²) in [7, 11) is 0. The third-order valence-corrected chi connectivity index (χ3v) is 2.59. The van der Waals surface area contributed by atoms with E-state index in [1.165, 1.54) is 0 Å². The zero-order valence-electron chi connectivity index (χ0n) is 8.64. The molecule has 2 atom stereocenters. The minimum absolute atomic E-state index is 0.137. The Labute approximate surface area is 87.9 Å². The number of rotatable bonds is 3. The van der Waals surface area contributed by atoms with E-state index in [4.69, 9.17) is 10.2 Å². The van der Waals surface area contributed by atoms with Crippen molar-refractivity contribution >= 4 is 12.0 Å². The number of nitrogens with one attached hydrogen (secondary N) is 1. The van der Waals surface area contributed by atoms with Crippen molar-refractivity contribution in [3.63, 3.8) is 0 Å². The summed E-state index contributed by atoms with van der Waals surface area (Å²) in [5.41, 5.74) is 0. The fourth-order valence-electron chi connectivity index (χ4n) is 1.65. The molecule has 0 spiro atoms. The maximum Gasteiger partial charge on any atom is 0.328 e. The number of carboxylic acid groups (broad SMARTS) is 1. The van der Waals surface area contributed by atoms with Crippen LogP contribution < -0.4 is 5.32 Å². The van der Waals surface area contributed by atoms with E-state index in [-0.39, 0.29) is 6.04 Å². The molecule has 0 aliphatic carbocycles. The van der Waals surface area contributed by atoms with Gasteiger partial charge < -0.3 is 20.4 Å². The zero-order valence-corrected chi connectivity index (χ0v) is 8.64. The van der Waals surface area contributed by atoms with Gasteiger partial charge in [-0.15, -0.1) is 0 Å². The lowest BCUT2D eigenvalue weighted by molar-refractivity contribution is -0.140. The predicted octanol–water partition coefficient (Wildman–Crippen LogP) is -0.374. The number of carbonyl (C=O) groups excluding carboxylic acids is 1. The van der Waals surface area contributed by atoms with Gasteiger partial charge in [-0.1, -0.05) is 0 Å². The third-order valence-electron chi connectivity index (χ3n) is 2.59. The van der Waals surface area contributed by atoms with Crippen LogP contribution >= 0.6 is 0 Å². The largest absolute Gasteiger partial charge is 0.480 e. The lowest BCUT2D eigenvalue weighted by Crippen LogP contribution is -2.50. The molecule has 1 heterocycles. The molecule has 1 unspecified atom stereocenters. The van der Waals surface area contributed by atoms with Crippen LogP contribution in [0.3, 0.4) is 0 Å². The van der Waals surface area contributed by atoms with Crippen LogP contribution in [0.4, 0.5) is 4.79 Å². The molecule has 1 fully saturated rings. The summed E-state index contributed by atoms with van der Waals surface area (Å²) in [6.45, 7) is 1.97. The normalized spacial score (nSPS) is 22.5. The SMILES string of the molecule is CC1CCCN1C(=O)N[C@@H](CO)C(=O)O. The summed E-state index contributed by atoms with van der Waals surface area (Å²) >= 11 is 0. The fraction of sp³-hybridized carbons (Fsp3) is 0.778. The number of carboxylic acids is 1. The van der Waals surface area contributed by atoms with Crippen LogP contribution in [0.1, 0.15) is 19.8 Å². The Morgan fingerprint density at radius 2 is 2.27 bits per heavy atom. The third kappa shape index (κ3) is 2.82. The molecule has 15 heavy (non-hydrogen) atoms. The van der Waals surface area contributed by atoms with Crippen molar-refractivity contribution in [3.8, 4) is 0 Å². The molecular formula is C9H16N2O4. The van der Waals surface area contributed by atoms with Gasteiger partial charge >= 0.3 is 12.0 Å². The smallest absolute Gasteiger partial charge is 0.328 e. The van der Waals surface area contributed by atoms with E-state index in [0.29, 0.717) is 6.54 Å². The summed E-state index contributed by atoms with van der Waals surface area (Å²) in [4.78, 5) is 23.7. The number of aliphatic hydroxyl groups excluding tert-OH is 1. The number of nitrogens with zero attached hydrogens (tertiary/aromatic N) is 1. The molecule has 6 heteroatoms. The van der Waals surface area contributed by atoms with Crippen molar-refractivity contribution in [2.75, 3.05) is 13.2 Å². The van der Waals surface area contributed by atoms with Crippen molar-refractivity contribution < 1.29 is 19.8 Å². The molecule has 0 aromatic carbocycles. The fourth-order valence-corrected chi connectivity index (χ4v) is 1.65. The number of hydrogen-bond acceptors (Lipinski definition) is 3. The van der Waals surface area contributed by atoms with Crippen LogP contribution in [0.2, 0.25) is 0 Å². The van der Waals surface area contributed by atoms with Crippen LogP contribution in [0, 0.1) is 0 Å². The first-order valence-electron chi connectivity index (χ1n) is 4.97. The van der Waals surface area contributed by atoms with Crippen LogP contribution in [0.25, 0.3) is 0 Å². The van der Waals surface area contributed by atoms with Gasteiger partial charge in [-0.2, -0.15) is 0 Å². The molecule has 0 aromatic heterocycles. The van der Waals surface area contributed by atoms with Gasteiger partial charge in [0.15, 0.2) is 6.04 Å². The first-order valence-corrected chi connectivity index (χ1v) is 4.97. The average Bonchev–Trinajstić information content (AvgIpc) is 2.60. The molecular weight excluding hydrogens is 200 g/mol. The standard InChI is InChI=1S/C9H16N2O4/c1-6-3-2-4-11(6)9(15)10-7(5-12)8(13)14/h6-7,12H,2-5H2,1H3,(H,10,15)(H,13,14)/t6?,7-/m0/s1. The summed E-state index contributed by atoms with van der Waals surface area (Å²) in [5.74, 6) is -1.22. The van der Waals surface area contributed by atoms with Gasteiger partial charge in [-0.25, -0.2) is 9.59 Å². The highest BCUT2D eigenvalue weighted by Gasteiger charge is 2.28. The lowest BCUT2D eigenvalue weighted by atomic mass is 10.2. The Kier molecular flexibility index (Phi) is 3.90. The van der Waals surface area contributed by atoms with E-state index in [1.807, 2.05) is 6.92 Å². The minimum Gasteiger partial charge on any atom is -0.480 e. The monoisotopic (exact) mass is 216 g/mol. The molecule has 1 rings (SSSR count). The number of carbonyl (C=O) groups is 2. The molecule has 6 nitrogen and oxygen atoms in total. The summed E-state index contributed by atoms with van der Waals surface area (Å²) in [6.07, 6.45) is 1.87. The first-order chi connectivity index (χ1) is 7.06. The lowest BCUT2D eigenvalue weighted by Gasteiger charge is -2.23. The van der Waals surface area contributed by atoms with Gasteiger partial charge in [-0.05, 0) is 19.8 Å². The zero-order chi connectivity index (χ0) is 11.4. The number of likely N-dealkylation sites (tertiary alicyclic amines) is 1. The van der Waals surface area contributed by atoms with E-state index in [2.05, 4.69) is 5.32 Å². The molecule has 2 amide bonds. The second-order valence-corrected chi connectivity index (χ2v) is 3.71. The molecule has 86 valence electrons. The van der Waals surface area contributed by atoms with Gasteiger partial charge in [0.25, 0.3) is 0 Å². The summed E-state index contributed by atoms with van der Waals surface area (Å²) in [6, 6.07) is -1.50. The predicted molar refractivity (Wildman–Crippen MR) is 52.4 cm³/mol. The summed E-state index contributed by atoms with van der Waals surface area (Å²) < 4.78 is 0. The van der Waals surface area contributed by atoms with Crippen molar-refractivity contribution in [2.45, 2.75) is 31.8 Å². The Morgan fingerprint density at radius 3 is 2.67 bits per heavy atom. The van der Waals surface area contributed by atoms with Crippen molar-refractivity contribution in [1.82, 2.24) is 10.2 Å². The van der Waals surface area contributed by atoms with Crippen molar-refractivity contribution in [2.24, 2.45) is 0 Å². The van der Waals surface area contributed by atoms with Crippen LogP contribution in [-0.4, -0.2) is 52.3 Å². The van der Waals surface area contributed by atoms with Gasteiger partial charge in [0.2, 0.25) is 0 Å². The first kappa shape index (κ1) is 11.8. The average molecular weight is 216 g/mol. The Morgan fingerprint density at radius 1 is 1.60 bits per heavy atom. The highest BCUT2D eigenvalue weighted by Crippen LogP contribution is 2.16.